The van der Waals surface area contributed by atoms with Crippen molar-refractivity contribution in [1.82, 2.24) is 10.0 Å². The van der Waals surface area contributed by atoms with Crippen LogP contribution < -0.4 is 10.0 Å². The van der Waals surface area contributed by atoms with E-state index in [0.29, 0.717) is 6.54 Å². The van der Waals surface area contributed by atoms with Gasteiger partial charge in [-0.2, -0.15) is 0 Å². The van der Waals surface area contributed by atoms with Crippen LogP contribution in [0.15, 0.2) is 34.1 Å². The minimum Gasteiger partial charge on any atom is -0.315 e. The zero-order chi connectivity index (χ0) is 14.8. The Morgan fingerprint density at radius 2 is 1.86 bits per heavy atom. The molecule has 1 aliphatic rings. The van der Waals surface area contributed by atoms with Crippen LogP contribution in [0.25, 0.3) is 0 Å². The van der Waals surface area contributed by atoms with Gasteiger partial charge < -0.3 is 5.32 Å². The lowest BCUT2D eigenvalue weighted by molar-refractivity contribution is 0.428. The van der Waals surface area contributed by atoms with E-state index in [1.54, 1.807) is 0 Å². The molecule has 1 aliphatic heterocycles. The molecule has 0 saturated carbocycles. The molecule has 6 nitrogen and oxygen atoms in total. The molecule has 1 atom stereocenters. The standard InChI is InChI=1S/C12H18N2O4S2.ClH/c1-19(15,16)11-5-2-6-12(8-11)20(17,18)14-10-4-3-7-13-9-10;/h2,5-6,8,10,13-14H,3-4,7,9H2,1H3;1H. The van der Waals surface area contributed by atoms with Crippen molar-refractivity contribution in [1.29, 1.82) is 0 Å². The quantitative estimate of drug-likeness (QED) is 0.823. The predicted molar refractivity (Wildman–Crippen MR) is 83.0 cm³/mol. The van der Waals surface area contributed by atoms with Gasteiger partial charge in [-0.25, -0.2) is 21.6 Å². The summed E-state index contributed by atoms with van der Waals surface area (Å²) in [5, 5.41) is 3.12. The van der Waals surface area contributed by atoms with Gasteiger partial charge in [0.2, 0.25) is 10.0 Å². The van der Waals surface area contributed by atoms with E-state index in [2.05, 4.69) is 10.0 Å². The van der Waals surface area contributed by atoms with Gasteiger partial charge in [0.15, 0.2) is 9.84 Å². The minimum absolute atomic E-state index is 0. The third kappa shape index (κ3) is 4.93. The third-order valence-electron chi connectivity index (χ3n) is 3.16. The molecule has 1 saturated heterocycles. The molecule has 1 heterocycles. The SMILES string of the molecule is CS(=O)(=O)c1cccc(S(=O)(=O)NC2CCCNC2)c1.Cl. The number of hydrogen-bond acceptors (Lipinski definition) is 5. The molecule has 2 rings (SSSR count). The summed E-state index contributed by atoms with van der Waals surface area (Å²) in [7, 11) is -7.12. The summed E-state index contributed by atoms with van der Waals surface area (Å²) in [6.45, 7) is 1.48. The van der Waals surface area contributed by atoms with Gasteiger partial charge in [0.25, 0.3) is 0 Å². The lowest BCUT2D eigenvalue weighted by atomic mass is 10.1. The average molecular weight is 355 g/mol. The summed E-state index contributed by atoms with van der Waals surface area (Å²) in [5.41, 5.74) is 0. The van der Waals surface area contributed by atoms with E-state index in [-0.39, 0.29) is 28.2 Å². The highest BCUT2D eigenvalue weighted by Crippen LogP contribution is 2.16. The Hall–Kier alpha value is -0.670. The van der Waals surface area contributed by atoms with Crippen LogP contribution in [-0.2, 0) is 19.9 Å². The number of halogens is 1. The molecule has 1 aromatic rings. The van der Waals surface area contributed by atoms with Crippen LogP contribution >= 0.6 is 12.4 Å². The van der Waals surface area contributed by atoms with E-state index in [9.17, 15) is 16.8 Å². The number of piperidine rings is 1. The van der Waals surface area contributed by atoms with E-state index in [4.69, 9.17) is 0 Å². The lowest BCUT2D eigenvalue weighted by Gasteiger charge is -2.23. The summed E-state index contributed by atoms with van der Waals surface area (Å²) < 4.78 is 50.1. The number of benzene rings is 1. The number of nitrogens with one attached hydrogen (secondary N) is 2. The maximum atomic E-state index is 12.2. The first-order valence-corrected chi connectivity index (χ1v) is 9.70. The second-order valence-electron chi connectivity index (χ2n) is 4.91. The van der Waals surface area contributed by atoms with Gasteiger partial charge in [-0.3, -0.25) is 0 Å². The second-order valence-corrected chi connectivity index (χ2v) is 8.64. The van der Waals surface area contributed by atoms with Gasteiger partial charge >= 0.3 is 0 Å². The monoisotopic (exact) mass is 354 g/mol. The molecular weight excluding hydrogens is 336 g/mol. The Morgan fingerprint density at radius 3 is 2.43 bits per heavy atom. The minimum atomic E-state index is -3.70. The van der Waals surface area contributed by atoms with Crippen LogP contribution in [0.3, 0.4) is 0 Å². The van der Waals surface area contributed by atoms with Gasteiger partial charge in [0.05, 0.1) is 9.79 Å². The lowest BCUT2D eigenvalue weighted by Crippen LogP contribution is -2.45. The Bertz CT molecular complexity index is 683. The number of sulfonamides is 1. The molecule has 0 aromatic heterocycles. The fourth-order valence-electron chi connectivity index (χ4n) is 2.11. The number of hydrogen-bond donors (Lipinski definition) is 2. The fraction of sp³-hybridized carbons (Fsp3) is 0.500. The van der Waals surface area contributed by atoms with Crippen molar-refractivity contribution in [2.75, 3.05) is 19.3 Å². The third-order valence-corrected chi connectivity index (χ3v) is 5.79. The Labute approximate surface area is 131 Å². The Morgan fingerprint density at radius 1 is 1.19 bits per heavy atom. The fourth-order valence-corrected chi connectivity index (χ4v) is 4.17. The summed E-state index contributed by atoms with van der Waals surface area (Å²) >= 11 is 0. The molecule has 1 aromatic carbocycles. The van der Waals surface area contributed by atoms with Gasteiger partial charge in [-0.15, -0.1) is 12.4 Å². The van der Waals surface area contributed by atoms with Crippen LogP contribution in [0.2, 0.25) is 0 Å². The highest BCUT2D eigenvalue weighted by molar-refractivity contribution is 7.91. The second kappa shape index (κ2) is 7.06. The van der Waals surface area contributed by atoms with Crippen LogP contribution in [-0.4, -0.2) is 42.2 Å². The molecule has 0 bridgehead atoms. The van der Waals surface area contributed by atoms with Crippen molar-refractivity contribution in [3.63, 3.8) is 0 Å². The molecule has 0 radical (unpaired) electrons. The number of rotatable bonds is 4. The zero-order valence-corrected chi connectivity index (χ0v) is 14.0. The van der Waals surface area contributed by atoms with Crippen molar-refractivity contribution < 1.29 is 16.8 Å². The molecule has 0 spiro atoms. The van der Waals surface area contributed by atoms with Crippen LogP contribution in [0.5, 0.6) is 0 Å². The van der Waals surface area contributed by atoms with Crippen molar-refractivity contribution in [3.8, 4) is 0 Å². The first kappa shape index (κ1) is 18.4. The van der Waals surface area contributed by atoms with Crippen LogP contribution in [0.4, 0.5) is 0 Å². The first-order chi connectivity index (χ1) is 9.29. The molecule has 9 heteroatoms. The molecule has 0 amide bonds. The molecule has 1 unspecified atom stereocenters. The topological polar surface area (TPSA) is 92.3 Å². The van der Waals surface area contributed by atoms with Gasteiger partial charge in [0, 0.05) is 18.8 Å². The molecule has 120 valence electrons. The summed E-state index contributed by atoms with van der Waals surface area (Å²) in [6, 6.07) is 5.25. The highest BCUT2D eigenvalue weighted by Gasteiger charge is 2.22. The molecule has 0 aliphatic carbocycles. The van der Waals surface area contributed by atoms with Crippen molar-refractivity contribution in [3.05, 3.63) is 24.3 Å². The Kier molecular flexibility index (Phi) is 6.18. The molecule has 2 N–H and O–H groups in total. The number of sulfone groups is 1. The first-order valence-electron chi connectivity index (χ1n) is 6.32. The van der Waals surface area contributed by atoms with Gasteiger partial charge in [-0.1, -0.05) is 6.07 Å². The maximum Gasteiger partial charge on any atom is 0.240 e. The predicted octanol–water partition coefficient (Wildman–Crippen LogP) is 0.542. The van der Waals surface area contributed by atoms with E-state index in [1.807, 2.05) is 0 Å². The Balaban J connectivity index is 0.00000220. The molecule has 21 heavy (non-hydrogen) atoms. The van der Waals surface area contributed by atoms with Crippen molar-refractivity contribution in [2.45, 2.75) is 28.7 Å². The zero-order valence-electron chi connectivity index (χ0n) is 11.6. The van der Waals surface area contributed by atoms with Crippen molar-refractivity contribution >= 4 is 32.3 Å². The van der Waals surface area contributed by atoms with Gasteiger partial charge in [0.1, 0.15) is 0 Å². The molecular formula is C12H19ClN2O4S2. The summed E-state index contributed by atoms with van der Waals surface area (Å²) in [6.07, 6.45) is 2.74. The summed E-state index contributed by atoms with van der Waals surface area (Å²) in [4.78, 5) is -0.0202. The van der Waals surface area contributed by atoms with Crippen molar-refractivity contribution in [2.24, 2.45) is 0 Å². The largest absolute Gasteiger partial charge is 0.315 e. The molecule has 1 fully saturated rings. The van der Waals surface area contributed by atoms with E-state index in [0.717, 1.165) is 25.6 Å². The maximum absolute atomic E-state index is 12.2. The van der Waals surface area contributed by atoms with Gasteiger partial charge in [-0.05, 0) is 37.6 Å². The smallest absolute Gasteiger partial charge is 0.240 e. The van der Waals surface area contributed by atoms with E-state index < -0.39 is 19.9 Å². The van der Waals surface area contributed by atoms with E-state index in [1.165, 1.54) is 24.3 Å². The van der Waals surface area contributed by atoms with E-state index >= 15 is 0 Å². The van der Waals surface area contributed by atoms with Crippen LogP contribution in [0, 0.1) is 0 Å². The average Bonchev–Trinajstić information content (AvgIpc) is 2.38. The summed E-state index contributed by atoms with van der Waals surface area (Å²) in [5.74, 6) is 0. The van der Waals surface area contributed by atoms with Crippen LogP contribution in [0.1, 0.15) is 12.8 Å². The highest BCUT2D eigenvalue weighted by atomic mass is 35.5. The normalized spacial score (nSPS) is 19.8.